The van der Waals surface area contributed by atoms with Gasteiger partial charge in [0.2, 0.25) is 0 Å². The third-order valence-electron chi connectivity index (χ3n) is 11.7. The van der Waals surface area contributed by atoms with E-state index in [1.165, 1.54) is 15.6 Å². The normalized spacial score (nSPS) is 11.7. The smallest absolute Gasteiger partial charge is 0.180 e. The molecule has 12 rings (SSSR count). The van der Waals surface area contributed by atoms with E-state index in [4.69, 9.17) is 29.3 Å². The fraction of sp³-hybridized carbons (Fsp3) is 0.0364. The Morgan fingerprint density at radius 2 is 1.13 bits per heavy atom. The highest BCUT2D eigenvalue weighted by Gasteiger charge is 2.20. The zero-order valence-corrected chi connectivity index (χ0v) is 34.8. The highest BCUT2D eigenvalue weighted by atomic mass is 32.1. The van der Waals surface area contributed by atoms with E-state index in [1.807, 2.05) is 78.9 Å². The lowest BCUT2D eigenvalue weighted by atomic mass is 10.0. The monoisotopic (exact) mass is 828 g/mol. The molecule has 0 unspecified atom stereocenters. The van der Waals surface area contributed by atoms with Gasteiger partial charge in [-0.15, -0.1) is 17.9 Å². The van der Waals surface area contributed by atoms with Crippen molar-refractivity contribution in [1.29, 1.82) is 0 Å². The molecule has 0 fully saturated rings. The van der Waals surface area contributed by atoms with Crippen LogP contribution in [-0.4, -0.2) is 29.5 Å². The van der Waals surface area contributed by atoms with Crippen LogP contribution in [0, 0.1) is 0 Å². The molecule has 0 aliphatic heterocycles. The molecule has 0 aliphatic rings. The number of aryl methyl sites for hydroxylation is 1. The van der Waals surface area contributed by atoms with Gasteiger partial charge in [-0.3, -0.25) is 0 Å². The number of hydrogen-bond donors (Lipinski definition) is 0. The molecule has 63 heavy (non-hydrogen) atoms. The molecule has 5 heterocycles. The number of rotatable bonds is 9. The van der Waals surface area contributed by atoms with Crippen LogP contribution in [0.15, 0.2) is 193 Å². The molecule has 7 nitrogen and oxygen atoms in total. The Balaban J connectivity index is 0.972. The van der Waals surface area contributed by atoms with Crippen molar-refractivity contribution in [3.63, 3.8) is 0 Å². The van der Waals surface area contributed by atoms with Gasteiger partial charge >= 0.3 is 0 Å². The number of nitrogens with zero attached hydrogens (tertiary/aromatic N) is 6. The summed E-state index contributed by atoms with van der Waals surface area (Å²) in [6, 6.07) is 58.4. The van der Waals surface area contributed by atoms with Gasteiger partial charge in [-0.05, 0) is 85.1 Å². The van der Waals surface area contributed by atoms with Gasteiger partial charge in [0, 0.05) is 70.6 Å². The van der Waals surface area contributed by atoms with E-state index >= 15 is 0 Å². The molecule has 0 bridgehead atoms. The minimum Gasteiger partial charge on any atom is -0.452 e. The molecule has 0 saturated carbocycles. The maximum absolute atomic E-state index is 6.36. The second kappa shape index (κ2) is 15.1. The van der Waals surface area contributed by atoms with Gasteiger partial charge in [-0.25, -0.2) is 24.9 Å². The van der Waals surface area contributed by atoms with Gasteiger partial charge in [-0.2, -0.15) is 0 Å². The standard InChI is InChI=1S/C55H36N6OS/c1-2-3-15-39-33-61(40-20-11-6-12-21-40)45-28-25-36(30-43(39)45)54-58-52(35-18-9-5-10-19-35)59-55(60-54)37-26-29-47-44(31-37)41-27-24-38(32-48(41)63-47)53-56-49(34-16-7-4-8-17-34)51-50(57-53)42-22-13-14-23-46(42)62-51/h2,4-14,16-33H,1,3,15H2. The Kier molecular flexibility index (Phi) is 8.83. The number of thiophene rings is 1. The number of furan rings is 1. The molecule has 12 aromatic rings. The van der Waals surface area contributed by atoms with Crippen molar-refractivity contribution in [2.45, 2.75) is 12.8 Å². The first-order valence-electron chi connectivity index (χ1n) is 21.0. The van der Waals surface area contributed by atoms with Crippen LogP contribution in [0.1, 0.15) is 12.0 Å². The number of aromatic nitrogens is 6. The summed E-state index contributed by atoms with van der Waals surface area (Å²) < 4.78 is 10.9. The lowest BCUT2D eigenvalue weighted by Gasteiger charge is -2.10. The van der Waals surface area contributed by atoms with Crippen LogP contribution >= 0.6 is 11.3 Å². The predicted octanol–water partition coefficient (Wildman–Crippen LogP) is 14.3. The number of allylic oxidation sites excluding steroid dienone is 1. The van der Waals surface area contributed by atoms with E-state index in [0.29, 0.717) is 28.9 Å². The molecule has 0 aliphatic carbocycles. The fourth-order valence-corrected chi connectivity index (χ4v) is 9.74. The summed E-state index contributed by atoms with van der Waals surface area (Å²) in [7, 11) is 0. The summed E-state index contributed by atoms with van der Waals surface area (Å²) >= 11 is 1.76. The number of hydrogen-bond acceptors (Lipinski definition) is 7. The van der Waals surface area contributed by atoms with Crippen LogP contribution in [0.5, 0.6) is 0 Å². The quantitative estimate of drug-likeness (QED) is 0.135. The number of benzene rings is 7. The second-order valence-electron chi connectivity index (χ2n) is 15.7. The van der Waals surface area contributed by atoms with E-state index in [0.717, 1.165) is 89.5 Å². The topological polar surface area (TPSA) is 82.5 Å². The maximum atomic E-state index is 6.36. The summed E-state index contributed by atoms with van der Waals surface area (Å²) in [5.41, 5.74) is 11.3. The van der Waals surface area contributed by atoms with Crippen molar-refractivity contribution in [2.24, 2.45) is 0 Å². The first kappa shape index (κ1) is 36.8. The van der Waals surface area contributed by atoms with E-state index in [9.17, 15) is 0 Å². The van der Waals surface area contributed by atoms with Crippen LogP contribution in [0.3, 0.4) is 0 Å². The largest absolute Gasteiger partial charge is 0.452 e. The van der Waals surface area contributed by atoms with Gasteiger partial charge in [-0.1, -0.05) is 109 Å². The minimum atomic E-state index is 0.619. The molecule has 0 radical (unpaired) electrons. The Hall–Kier alpha value is -8.07. The van der Waals surface area contributed by atoms with Gasteiger partial charge < -0.3 is 8.98 Å². The molecule has 5 aromatic heterocycles. The summed E-state index contributed by atoms with van der Waals surface area (Å²) in [6.07, 6.45) is 6.00. The number of fused-ring (bicyclic) bond motifs is 7. The minimum absolute atomic E-state index is 0.619. The van der Waals surface area contributed by atoms with Crippen LogP contribution in [-0.2, 0) is 6.42 Å². The second-order valence-corrected chi connectivity index (χ2v) is 16.7. The first-order chi connectivity index (χ1) is 31.1. The summed E-state index contributed by atoms with van der Waals surface area (Å²) in [5.74, 6) is 2.52. The first-order valence-corrected chi connectivity index (χ1v) is 21.8. The lowest BCUT2D eigenvalue weighted by Crippen LogP contribution is -2.00. The molecule has 7 aromatic carbocycles. The Labute approximate surface area is 366 Å². The van der Waals surface area contributed by atoms with Gasteiger partial charge in [0.15, 0.2) is 28.9 Å². The molecule has 0 saturated heterocycles. The SMILES string of the molecule is C=CCCc1cn(-c2ccccc2)c2ccc(-c3nc(-c4ccccc4)nc(-c4ccc5sc6cc(-c7nc(-c8ccccc8)c8oc9ccccc9c8n7)ccc6c5c4)n3)cc12. The zero-order chi connectivity index (χ0) is 41.9. The van der Waals surface area contributed by atoms with Crippen LogP contribution in [0.4, 0.5) is 0 Å². The van der Waals surface area contributed by atoms with Gasteiger partial charge in [0.1, 0.15) is 16.8 Å². The van der Waals surface area contributed by atoms with Crippen molar-refractivity contribution >= 4 is 64.5 Å². The molecular weight excluding hydrogens is 793 g/mol. The third-order valence-corrected chi connectivity index (χ3v) is 12.9. The van der Waals surface area contributed by atoms with Crippen LogP contribution in [0.25, 0.3) is 116 Å². The van der Waals surface area contributed by atoms with E-state index in [2.05, 4.69) is 114 Å². The molecular formula is C55H36N6OS. The molecule has 8 heteroatoms. The van der Waals surface area contributed by atoms with Crippen molar-refractivity contribution in [3.8, 4) is 62.5 Å². The van der Waals surface area contributed by atoms with Crippen molar-refractivity contribution in [2.75, 3.05) is 0 Å². The Morgan fingerprint density at radius 1 is 0.508 bits per heavy atom. The van der Waals surface area contributed by atoms with E-state index in [1.54, 1.807) is 11.3 Å². The highest BCUT2D eigenvalue weighted by Crippen LogP contribution is 2.40. The van der Waals surface area contributed by atoms with Crippen molar-refractivity contribution in [1.82, 2.24) is 29.5 Å². The van der Waals surface area contributed by atoms with Crippen LogP contribution in [0.2, 0.25) is 0 Å². The maximum Gasteiger partial charge on any atom is 0.180 e. The fourth-order valence-electron chi connectivity index (χ4n) is 8.61. The lowest BCUT2D eigenvalue weighted by molar-refractivity contribution is 0.667. The van der Waals surface area contributed by atoms with Gasteiger partial charge in [0.05, 0.1) is 5.52 Å². The Bertz CT molecular complexity index is 3700. The van der Waals surface area contributed by atoms with Crippen molar-refractivity contribution in [3.05, 3.63) is 194 Å². The summed E-state index contributed by atoms with van der Waals surface area (Å²) in [5, 5.41) is 4.43. The van der Waals surface area contributed by atoms with E-state index < -0.39 is 0 Å². The molecule has 0 spiro atoms. The average Bonchev–Trinajstić information content (AvgIpc) is 4.04. The summed E-state index contributed by atoms with van der Waals surface area (Å²) in [4.78, 5) is 25.7. The molecule has 0 N–H and O–H groups in total. The highest BCUT2D eigenvalue weighted by molar-refractivity contribution is 7.25. The van der Waals surface area contributed by atoms with E-state index in [-0.39, 0.29) is 0 Å². The average molecular weight is 829 g/mol. The van der Waals surface area contributed by atoms with Gasteiger partial charge in [0.25, 0.3) is 0 Å². The molecule has 298 valence electrons. The predicted molar refractivity (Wildman–Crippen MR) is 258 cm³/mol. The third kappa shape index (κ3) is 6.47. The van der Waals surface area contributed by atoms with Crippen molar-refractivity contribution < 1.29 is 4.42 Å². The molecule has 0 atom stereocenters. The number of para-hydroxylation sites is 2. The van der Waals surface area contributed by atoms with Crippen LogP contribution < -0.4 is 0 Å². The summed E-state index contributed by atoms with van der Waals surface area (Å²) in [6.45, 7) is 4.00. The zero-order valence-electron chi connectivity index (χ0n) is 33.9. The Morgan fingerprint density at radius 3 is 1.89 bits per heavy atom. The molecule has 0 amide bonds.